The largest absolute Gasteiger partial charge is 0.383 e. The molecule has 0 aliphatic rings. The molecule has 2 aromatic heterocycles. The Morgan fingerprint density at radius 2 is 1.86 bits per heavy atom. The van der Waals surface area contributed by atoms with Gasteiger partial charge in [0.25, 0.3) is 11.5 Å². The minimum Gasteiger partial charge on any atom is -0.383 e. The molecule has 0 atom stereocenters. The zero-order valence-corrected chi connectivity index (χ0v) is 15.8. The third kappa shape index (κ3) is 4.96. The lowest BCUT2D eigenvalue weighted by Gasteiger charge is -2.17. The van der Waals surface area contributed by atoms with Gasteiger partial charge in [0.15, 0.2) is 0 Å². The zero-order chi connectivity index (χ0) is 20.6. The highest BCUT2D eigenvalue weighted by molar-refractivity contribution is 6.05. The molecule has 29 heavy (non-hydrogen) atoms. The molecule has 0 saturated carbocycles. The summed E-state index contributed by atoms with van der Waals surface area (Å²) in [6.07, 6.45) is 2.97. The molecule has 1 amide bonds. The van der Waals surface area contributed by atoms with Gasteiger partial charge in [0.2, 0.25) is 0 Å². The van der Waals surface area contributed by atoms with E-state index in [0.717, 1.165) is 5.56 Å². The van der Waals surface area contributed by atoms with Gasteiger partial charge in [-0.05, 0) is 17.7 Å². The van der Waals surface area contributed by atoms with Crippen LogP contribution in [0.15, 0.2) is 64.4 Å². The van der Waals surface area contributed by atoms with E-state index in [1.807, 2.05) is 30.3 Å². The molecule has 0 aliphatic carbocycles. The van der Waals surface area contributed by atoms with E-state index < -0.39 is 17.2 Å². The van der Waals surface area contributed by atoms with Crippen LogP contribution in [0.2, 0.25) is 0 Å². The zero-order valence-electron chi connectivity index (χ0n) is 15.8. The van der Waals surface area contributed by atoms with Gasteiger partial charge in [0.05, 0.1) is 13.2 Å². The summed E-state index contributed by atoms with van der Waals surface area (Å²) in [5, 5.41) is 5.71. The fraction of sp³-hybridized carbons (Fsp3) is 0.200. The topological polar surface area (TPSA) is 118 Å². The van der Waals surface area contributed by atoms with Crippen molar-refractivity contribution >= 4 is 17.4 Å². The smallest absolute Gasteiger partial charge is 0.330 e. The molecular formula is C20H21N5O4. The summed E-state index contributed by atoms with van der Waals surface area (Å²) >= 11 is 0. The van der Waals surface area contributed by atoms with Crippen molar-refractivity contribution in [2.45, 2.75) is 13.1 Å². The van der Waals surface area contributed by atoms with Crippen molar-refractivity contribution in [3.05, 3.63) is 86.8 Å². The van der Waals surface area contributed by atoms with E-state index in [4.69, 9.17) is 4.74 Å². The van der Waals surface area contributed by atoms with Gasteiger partial charge in [-0.1, -0.05) is 30.3 Å². The van der Waals surface area contributed by atoms with Crippen molar-refractivity contribution < 1.29 is 9.53 Å². The molecule has 1 aromatic carbocycles. The number of methoxy groups -OCH3 is 1. The van der Waals surface area contributed by atoms with Crippen LogP contribution in [0.5, 0.6) is 0 Å². The maximum atomic E-state index is 12.7. The molecule has 9 nitrogen and oxygen atoms in total. The van der Waals surface area contributed by atoms with E-state index >= 15 is 0 Å². The lowest BCUT2D eigenvalue weighted by Crippen LogP contribution is -2.36. The van der Waals surface area contributed by atoms with Crippen LogP contribution in [0.1, 0.15) is 15.9 Å². The second-order valence-corrected chi connectivity index (χ2v) is 6.16. The molecule has 0 fully saturated rings. The SMILES string of the molecule is COCCn1c(NC(=O)c2ccncc2)c(NCc2ccccc2)c(=O)[nH]c1=O. The van der Waals surface area contributed by atoms with Crippen LogP contribution in [-0.2, 0) is 17.8 Å². The van der Waals surface area contributed by atoms with Crippen molar-refractivity contribution in [1.29, 1.82) is 0 Å². The Morgan fingerprint density at radius 1 is 1.14 bits per heavy atom. The summed E-state index contributed by atoms with van der Waals surface area (Å²) in [6, 6.07) is 12.5. The molecule has 9 heteroatoms. The number of H-pyrrole nitrogens is 1. The number of ether oxygens (including phenoxy) is 1. The number of carbonyl (C=O) groups is 1. The standard InChI is InChI=1S/C20H21N5O4/c1-29-12-11-25-17(23-18(26)15-7-9-21-10-8-15)16(19(27)24-20(25)28)22-13-14-5-3-2-4-6-14/h2-10,22H,11-13H2,1H3,(H,23,26)(H,24,27,28). The number of nitrogens with one attached hydrogen (secondary N) is 3. The van der Waals surface area contributed by atoms with Gasteiger partial charge in [0.1, 0.15) is 11.5 Å². The van der Waals surface area contributed by atoms with Crippen molar-refractivity contribution in [2.24, 2.45) is 0 Å². The maximum Gasteiger partial charge on any atom is 0.330 e. The van der Waals surface area contributed by atoms with E-state index in [1.165, 1.54) is 36.2 Å². The number of amides is 1. The first-order valence-electron chi connectivity index (χ1n) is 8.95. The number of aromatic amines is 1. The van der Waals surface area contributed by atoms with E-state index in [9.17, 15) is 14.4 Å². The first-order valence-corrected chi connectivity index (χ1v) is 8.95. The van der Waals surface area contributed by atoms with Crippen molar-refractivity contribution in [3.8, 4) is 0 Å². The third-order valence-corrected chi connectivity index (χ3v) is 4.20. The molecule has 3 N–H and O–H groups in total. The summed E-state index contributed by atoms with van der Waals surface area (Å²) in [4.78, 5) is 43.7. The van der Waals surface area contributed by atoms with Crippen LogP contribution in [0.25, 0.3) is 0 Å². The van der Waals surface area contributed by atoms with E-state index in [2.05, 4.69) is 20.6 Å². The minimum absolute atomic E-state index is 0.0774. The lowest BCUT2D eigenvalue weighted by atomic mass is 10.2. The Hall–Kier alpha value is -3.72. The predicted molar refractivity (Wildman–Crippen MR) is 109 cm³/mol. The molecule has 0 unspecified atom stereocenters. The van der Waals surface area contributed by atoms with Gasteiger partial charge >= 0.3 is 5.69 Å². The molecule has 0 radical (unpaired) electrons. The molecule has 2 heterocycles. The quantitative estimate of drug-likeness (QED) is 0.531. The molecule has 3 aromatic rings. The predicted octanol–water partition coefficient (Wildman–Crippen LogP) is 1.44. The monoisotopic (exact) mass is 395 g/mol. The van der Waals surface area contributed by atoms with Gasteiger partial charge in [-0.2, -0.15) is 0 Å². The molecule has 3 rings (SSSR count). The van der Waals surface area contributed by atoms with Crippen molar-refractivity contribution in [1.82, 2.24) is 14.5 Å². The molecule has 150 valence electrons. The number of nitrogens with zero attached hydrogens (tertiary/aromatic N) is 2. The highest BCUT2D eigenvalue weighted by Gasteiger charge is 2.18. The first-order chi connectivity index (χ1) is 14.1. The summed E-state index contributed by atoms with van der Waals surface area (Å²) in [6.45, 7) is 0.713. The molecule has 0 aliphatic heterocycles. The van der Waals surface area contributed by atoms with Crippen LogP contribution < -0.4 is 21.9 Å². The molecular weight excluding hydrogens is 374 g/mol. The third-order valence-electron chi connectivity index (χ3n) is 4.20. The van der Waals surface area contributed by atoms with Gasteiger partial charge in [-0.25, -0.2) is 4.79 Å². The highest BCUT2D eigenvalue weighted by Crippen LogP contribution is 2.17. The van der Waals surface area contributed by atoms with Crippen LogP contribution in [0.3, 0.4) is 0 Å². The van der Waals surface area contributed by atoms with Crippen molar-refractivity contribution in [3.63, 3.8) is 0 Å². The molecule has 0 spiro atoms. The average molecular weight is 395 g/mol. The first kappa shape index (κ1) is 20.0. The minimum atomic E-state index is -0.637. The Labute approximate surface area is 166 Å². The Bertz CT molecular complexity index is 1080. The maximum absolute atomic E-state index is 12.7. The van der Waals surface area contributed by atoms with Gasteiger partial charge in [0, 0.05) is 31.6 Å². The Balaban J connectivity index is 1.99. The highest BCUT2D eigenvalue weighted by atomic mass is 16.5. The Kier molecular flexibility index (Phi) is 6.54. The second kappa shape index (κ2) is 9.47. The number of hydrogen-bond donors (Lipinski definition) is 3. The number of benzene rings is 1. The summed E-state index contributed by atoms with van der Waals surface area (Å²) in [5.74, 6) is -0.389. The number of pyridine rings is 1. The number of carbonyl (C=O) groups excluding carboxylic acids is 1. The molecule has 0 bridgehead atoms. The van der Waals surface area contributed by atoms with Crippen molar-refractivity contribution in [2.75, 3.05) is 24.4 Å². The number of hydrogen-bond acceptors (Lipinski definition) is 6. The van der Waals surface area contributed by atoms with Crippen LogP contribution in [0, 0.1) is 0 Å². The summed E-state index contributed by atoms with van der Waals surface area (Å²) in [7, 11) is 1.50. The summed E-state index contributed by atoms with van der Waals surface area (Å²) in [5.41, 5.74) is 0.118. The van der Waals surface area contributed by atoms with E-state index in [-0.39, 0.29) is 24.7 Å². The van der Waals surface area contributed by atoms with Crippen LogP contribution >= 0.6 is 0 Å². The van der Waals surface area contributed by atoms with Gasteiger partial charge < -0.3 is 15.4 Å². The van der Waals surface area contributed by atoms with E-state index in [1.54, 1.807) is 0 Å². The number of rotatable bonds is 8. The van der Waals surface area contributed by atoms with Gasteiger partial charge in [-0.3, -0.25) is 24.1 Å². The number of aromatic nitrogens is 3. The average Bonchev–Trinajstić information content (AvgIpc) is 2.74. The Morgan fingerprint density at radius 3 is 2.55 bits per heavy atom. The second-order valence-electron chi connectivity index (χ2n) is 6.16. The fourth-order valence-electron chi connectivity index (χ4n) is 2.73. The summed E-state index contributed by atoms with van der Waals surface area (Å²) < 4.78 is 6.31. The van der Waals surface area contributed by atoms with Crippen LogP contribution in [-0.4, -0.2) is 34.2 Å². The fourth-order valence-corrected chi connectivity index (χ4v) is 2.73. The molecule has 0 saturated heterocycles. The van der Waals surface area contributed by atoms with E-state index in [0.29, 0.717) is 12.1 Å². The number of anilines is 2. The van der Waals surface area contributed by atoms with Gasteiger partial charge in [-0.15, -0.1) is 0 Å². The van der Waals surface area contributed by atoms with Crippen LogP contribution in [0.4, 0.5) is 11.5 Å². The normalized spacial score (nSPS) is 10.5. The lowest BCUT2D eigenvalue weighted by molar-refractivity contribution is 0.102.